The highest BCUT2D eigenvalue weighted by molar-refractivity contribution is 9.10. The quantitative estimate of drug-likeness (QED) is 0.857. The lowest BCUT2D eigenvalue weighted by molar-refractivity contribution is -0.120. The SMILES string of the molecule is NC(=O)C1(NS(=O)(=O)c2cc(Br)ccc2Cl)CC1. The van der Waals surface area contributed by atoms with Crippen molar-refractivity contribution in [1.82, 2.24) is 4.72 Å². The molecule has 5 nitrogen and oxygen atoms in total. The third-order valence-electron chi connectivity index (χ3n) is 2.73. The monoisotopic (exact) mass is 352 g/mol. The van der Waals surface area contributed by atoms with Crippen molar-refractivity contribution in [3.63, 3.8) is 0 Å². The molecule has 0 spiro atoms. The topological polar surface area (TPSA) is 89.3 Å². The third kappa shape index (κ3) is 2.54. The van der Waals surface area contributed by atoms with Gasteiger partial charge in [-0.05, 0) is 31.0 Å². The van der Waals surface area contributed by atoms with Crippen LogP contribution >= 0.6 is 27.5 Å². The average Bonchev–Trinajstić information content (AvgIpc) is 3.02. The minimum Gasteiger partial charge on any atom is -0.368 e. The Morgan fingerprint density at radius 3 is 2.56 bits per heavy atom. The van der Waals surface area contributed by atoms with E-state index in [4.69, 9.17) is 17.3 Å². The van der Waals surface area contributed by atoms with Crippen LogP contribution in [0.15, 0.2) is 27.6 Å². The van der Waals surface area contributed by atoms with Gasteiger partial charge in [-0.25, -0.2) is 8.42 Å². The molecule has 1 aliphatic carbocycles. The second-order valence-corrected chi connectivity index (χ2v) is 7.10. The van der Waals surface area contributed by atoms with E-state index in [1.165, 1.54) is 12.1 Å². The molecule has 0 bridgehead atoms. The van der Waals surface area contributed by atoms with E-state index in [1.807, 2.05) is 0 Å². The standard InChI is InChI=1S/C10H10BrClN2O3S/c11-6-1-2-7(12)8(5-6)18(16,17)14-10(3-4-10)9(13)15/h1-2,5,14H,3-4H2,(H2,13,15). The number of benzene rings is 1. The molecule has 8 heteroatoms. The zero-order valence-electron chi connectivity index (χ0n) is 9.11. The lowest BCUT2D eigenvalue weighted by atomic mass is 10.3. The molecule has 1 aromatic carbocycles. The van der Waals surface area contributed by atoms with Crippen molar-refractivity contribution < 1.29 is 13.2 Å². The molecular formula is C10H10BrClN2O3S. The van der Waals surface area contributed by atoms with Gasteiger partial charge in [0.15, 0.2) is 0 Å². The van der Waals surface area contributed by atoms with Crippen molar-refractivity contribution in [2.24, 2.45) is 5.73 Å². The van der Waals surface area contributed by atoms with E-state index < -0.39 is 21.5 Å². The Balaban J connectivity index is 2.37. The molecule has 3 N–H and O–H groups in total. The highest BCUT2D eigenvalue weighted by Crippen LogP contribution is 2.37. The Labute approximate surface area is 118 Å². The fourth-order valence-corrected chi connectivity index (χ4v) is 3.99. The van der Waals surface area contributed by atoms with Gasteiger partial charge in [0, 0.05) is 4.47 Å². The summed E-state index contributed by atoms with van der Waals surface area (Å²) in [5.74, 6) is -0.669. The van der Waals surface area contributed by atoms with E-state index in [0.717, 1.165) is 0 Å². The van der Waals surface area contributed by atoms with Crippen molar-refractivity contribution in [3.8, 4) is 0 Å². The second-order valence-electron chi connectivity index (χ2n) is 4.13. The van der Waals surface area contributed by atoms with Crippen molar-refractivity contribution in [1.29, 1.82) is 0 Å². The van der Waals surface area contributed by atoms with Gasteiger partial charge in [0.25, 0.3) is 0 Å². The van der Waals surface area contributed by atoms with E-state index >= 15 is 0 Å². The highest BCUT2D eigenvalue weighted by atomic mass is 79.9. The normalized spacial score (nSPS) is 17.4. The molecule has 1 fully saturated rings. The maximum Gasteiger partial charge on any atom is 0.243 e. The predicted octanol–water partition coefficient (Wildman–Crippen LogP) is 1.40. The van der Waals surface area contributed by atoms with Crippen LogP contribution in [0.1, 0.15) is 12.8 Å². The van der Waals surface area contributed by atoms with Gasteiger partial charge in [-0.3, -0.25) is 4.79 Å². The molecule has 0 aromatic heterocycles. The Hall–Kier alpha value is -0.630. The number of carbonyl (C=O) groups is 1. The number of nitrogens with one attached hydrogen (secondary N) is 1. The number of rotatable bonds is 4. The van der Waals surface area contributed by atoms with E-state index in [0.29, 0.717) is 17.3 Å². The number of hydrogen-bond donors (Lipinski definition) is 2. The average molecular weight is 354 g/mol. The van der Waals surface area contributed by atoms with E-state index in [2.05, 4.69) is 20.7 Å². The van der Waals surface area contributed by atoms with Gasteiger partial charge in [-0.1, -0.05) is 27.5 Å². The summed E-state index contributed by atoms with van der Waals surface area (Å²) in [6.45, 7) is 0. The molecule has 1 amide bonds. The Morgan fingerprint density at radius 1 is 1.44 bits per heavy atom. The number of primary amides is 1. The molecule has 0 radical (unpaired) electrons. The summed E-state index contributed by atoms with van der Waals surface area (Å²) in [6, 6.07) is 4.47. The van der Waals surface area contributed by atoms with Crippen molar-refractivity contribution >= 4 is 43.5 Å². The molecule has 0 atom stereocenters. The van der Waals surface area contributed by atoms with Crippen LogP contribution in [0, 0.1) is 0 Å². The summed E-state index contributed by atoms with van der Waals surface area (Å²) < 4.78 is 27.2. The number of halogens is 2. The smallest absolute Gasteiger partial charge is 0.243 e. The predicted molar refractivity (Wildman–Crippen MR) is 70.6 cm³/mol. The minimum atomic E-state index is -3.87. The van der Waals surface area contributed by atoms with Crippen molar-refractivity contribution in [2.45, 2.75) is 23.3 Å². The van der Waals surface area contributed by atoms with Crippen LogP contribution < -0.4 is 10.5 Å². The first-order chi connectivity index (χ1) is 8.27. The molecule has 0 unspecified atom stereocenters. The molecule has 1 saturated carbocycles. The second kappa shape index (κ2) is 4.48. The van der Waals surface area contributed by atoms with E-state index in [-0.39, 0.29) is 9.92 Å². The van der Waals surface area contributed by atoms with Crippen LogP contribution in [0.4, 0.5) is 0 Å². The fraction of sp³-hybridized carbons (Fsp3) is 0.300. The highest BCUT2D eigenvalue weighted by Gasteiger charge is 2.51. The van der Waals surface area contributed by atoms with Crippen LogP contribution in [0.5, 0.6) is 0 Å². The lowest BCUT2D eigenvalue weighted by Gasteiger charge is -2.14. The lowest BCUT2D eigenvalue weighted by Crippen LogP contribution is -2.46. The van der Waals surface area contributed by atoms with Crippen LogP contribution in [0.25, 0.3) is 0 Å². The number of hydrogen-bond acceptors (Lipinski definition) is 3. The van der Waals surface area contributed by atoms with Crippen LogP contribution in [0.3, 0.4) is 0 Å². The molecule has 98 valence electrons. The van der Waals surface area contributed by atoms with Crippen molar-refractivity contribution in [3.05, 3.63) is 27.7 Å². The number of carbonyl (C=O) groups excluding carboxylic acids is 1. The number of nitrogens with two attached hydrogens (primary N) is 1. The third-order valence-corrected chi connectivity index (χ3v) is 5.25. The summed E-state index contributed by atoms with van der Waals surface area (Å²) in [7, 11) is -3.87. The largest absolute Gasteiger partial charge is 0.368 e. The summed E-state index contributed by atoms with van der Waals surface area (Å²) in [5, 5.41) is 0.0889. The number of sulfonamides is 1. The summed E-state index contributed by atoms with van der Waals surface area (Å²) in [4.78, 5) is 11.1. The first-order valence-corrected chi connectivity index (χ1v) is 7.71. The molecule has 1 aromatic rings. The van der Waals surface area contributed by atoms with Crippen LogP contribution in [-0.2, 0) is 14.8 Å². The van der Waals surface area contributed by atoms with Gasteiger partial charge < -0.3 is 5.73 Å². The molecule has 0 saturated heterocycles. The molecule has 0 aliphatic heterocycles. The first kappa shape index (κ1) is 13.8. The van der Waals surface area contributed by atoms with Gasteiger partial charge in [0.2, 0.25) is 15.9 Å². The Morgan fingerprint density at radius 2 is 2.06 bits per heavy atom. The molecule has 0 heterocycles. The maximum atomic E-state index is 12.1. The van der Waals surface area contributed by atoms with Crippen LogP contribution in [-0.4, -0.2) is 19.9 Å². The summed E-state index contributed by atoms with van der Waals surface area (Å²) >= 11 is 9.02. The maximum absolute atomic E-state index is 12.1. The van der Waals surface area contributed by atoms with Crippen molar-refractivity contribution in [2.75, 3.05) is 0 Å². The number of amides is 1. The fourth-order valence-electron chi connectivity index (χ4n) is 1.52. The van der Waals surface area contributed by atoms with Gasteiger partial charge in [-0.15, -0.1) is 0 Å². The Bertz CT molecular complexity index is 614. The molecule has 18 heavy (non-hydrogen) atoms. The minimum absolute atomic E-state index is 0.0777. The zero-order valence-corrected chi connectivity index (χ0v) is 12.3. The first-order valence-electron chi connectivity index (χ1n) is 5.06. The Kier molecular flexibility index (Phi) is 3.44. The van der Waals surface area contributed by atoms with Gasteiger partial charge in [-0.2, -0.15) is 4.72 Å². The van der Waals surface area contributed by atoms with E-state index in [1.54, 1.807) is 6.07 Å². The van der Waals surface area contributed by atoms with Crippen LogP contribution in [0.2, 0.25) is 5.02 Å². The molecule has 1 aliphatic rings. The molecular weight excluding hydrogens is 344 g/mol. The zero-order chi connectivity index (χ0) is 13.6. The van der Waals surface area contributed by atoms with E-state index in [9.17, 15) is 13.2 Å². The van der Waals surface area contributed by atoms with Gasteiger partial charge in [0.05, 0.1) is 5.02 Å². The molecule has 2 rings (SSSR count). The van der Waals surface area contributed by atoms with Gasteiger partial charge >= 0.3 is 0 Å². The summed E-state index contributed by atoms with van der Waals surface area (Å²) in [5.41, 5.74) is 4.03. The van der Waals surface area contributed by atoms with Gasteiger partial charge in [0.1, 0.15) is 10.4 Å². The summed E-state index contributed by atoms with van der Waals surface area (Å²) in [6.07, 6.45) is 0.820.